The number of imidazole rings is 1. The largest absolute Gasteiger partial charge is 0.356 e. The molecule has 1 N–H and O–H groups in total. The van der Waals surface area contributed by atoms with Crippen molar-refractivity contribution in [1.29, 1.82) is 0 Å². The molecule has 5 heteroatoms. The van der Waals surface area contributed by atoms with Crippen LogP contribution < -0.4 is 5.32 Å². The van der Waals surface area contributed by atoms with Gasteiger partial charge in [0.2, 0.25) is 5.91 Å². The van der Waals surface area contributed by atoms with Crippen molar-refractivity contribution in [3.8, 4) is 0 Å². The molecule has 0 atom stereocenters. The van der Waals surface area contributed by atoms with Crippen molar-refractivity contribution in [1.82, 2.24) is 14.9 Å². The number of aryl methyl sites for hydroxylation is 2. The lowest BCUT2D eigenvalue weighted by Crippen LogP contribution is -2.28. The van der Waals surface area contributed by atoms with Crippen molar-refractivity contribution >= 4 is 28.5 Å². The number of halogens is 1. The van der Waals surface area contributed by atoms with E-state index in [2.05, 4.69) is 30.2 Å². The number of hydrogen-bond acceptors (Lipinski definition) is 2. The second-order valence-corrected chi connectivity index (χ2v) is 6.02. The molecule has 1 amide bonds. The maximum Gasteiger partial charge on any atom is 0.221 e. The third-order valence-corrected chi connectivity index (χ3v) is 3.61. The van der Waals surface area contributed by atoms with Gasteiger partial charge in [0.25, 0.3) is 0 Å². The van der Waals surface area contributed by atoms with Gasteiger partial charge < -0.3 is 9.88 Å². The standard InChI is InChI=1S/C16H22ClN3O/c1-11(2)10-18-16(21)6-7-20-14-8-12(3)4-5-13(14)19-15(20)9-17/h4-5,8,11H,6-7,9-10H2,1-3H3,(H,18,21). The molecular formula is C16H22ClN3O. The first-order valence-electron chi connectivity index (χ1n) is 7.29. The molecule has 4 nitrogen and oxygen atoms in total. The number of nitrogens with zero attached hydrogens (tertiary/aromatic N) is 2. The van der Waals surface area contributed by atoms with Gasteiger partial charge >= 0.3 is 0 Å². The summed E-state index contributed by atoms with van der Waals surface area (Å²) >= 11 is 5.98. The number of nitrogens with one attached hydrogen (secondary N) is 1. The molecule has 2 rings (SSSR count). The predicted octanol–water partition coefficient (Wildman–Crippen LogP) is 3.25. The van der Waals surface area contributed by atoms with Crippen LogP contribution in [0.4, 0.5) is 0 Å². The third-order valence-electron chi connectivity index (χ3n) is 3.37. The zero-order valence-corrected chi connectivity index (χ0v) is 13.6. The Bertz CT molecular complexity index is 634. The van der Waals surface area contributed by atoms with E-state index in [-0.39, 0.29) is 5.91 Å². The summed E-state index contributed by atoms with van der Waals surface area (Å²) in [4.78, 5) is 16.4. The number of hydrogen-bond donors (Lipinski definition) is 1. The minimum atomic E-state index is 0.0683. The Morgan fingerprint density at radius 1 is 1.43 bits per heavy atom. The zero-order chi connectivity index (χ0) is 15.4. The lowest BCUT2D eigenvalue weighted by molar-refractivity contribution is -0.121. The van der Waals surface area contributed by atoms with Crippen molar-refractivity contribution in [2.75, 3.05) is 6.54 Å². The zero-order valence-electron chi connectivity index (χ0n) is 12.8. The highest BCUT2D eigenvalue weighted by atomic mass is 35.5. The average Bonchev–Trinajstić information content (AvgIpc) is 2.79. The molecule has 21 heavy (non-hydrogen) atoms. The summed E-state index contributed by atoms with van der Waals surface area (Å²) in [6.07, 6.45) is 0.440. The van der Waals surface area contributed by atoms with E-state index in [4.69, 9.17) is 11.6 Å². The lowest BCUT2D eigenvalue weighted by atomic mass is 10.2. The van der Waals surface area contributed by atoms with E-state index in [9.17, 15) is 4.79 Å². The highest BCUT2D eigenvalue weighted by molar-refractivity contribution is 6.16. The van der Waals surface area contributed by atoms with Crippen LogP contribution in [0.15, 0.2) is 18.2 Å². The van der Waals surface area contributed by atoms with Gasteiger partial charge in [-0.15, -0.1) is 11.6 Å². The van der Waals surface area contributed by atoms with Crippen molar-refractivity contribution in [3.05, 3.63) is 29.6 Å². The first kappa shape index (κ1) is 15.8. The topological polar surface area (TPSA) is 46.9 Å². The van der Waals surface area contributed by atoms with Crippen molar-refractivity contribution in [2.45, 2.75) is 39.6 Å². The van der Waals surface area contributed by atoms with E-state index in [0.29, 0.717) is 31.3 Å². The van der Waals surface area contributed by atoms with E-state index in [1.807, 2.05) is 23.6 Å². The fourth-order valence-corrected chi connectivity index (χ4v) is 2.46. The Kier molecular flexibility index (Phi) is 5.23. The Labute approximate surface area is 130 Å². The fraction of sp³-hybridized carbons (Fsp3) is 0.500. The molecule has 114 valence electrons. The molecule has 0 bridgehead atoms. The number of aromatic nitrogens is 2. The van der Waals surface area contributed by atoms with Gasteiger partial charge in [0.1, 0.15) is 5.82 Å². The smallest absolute Gasteiger partial charge is 0.221 e. The molecule has 0 unspecified atom stereocenters. The number of carbonyl (C=O) groups is 1. The van der Waals surface area contributed by atoms with E-state index < -0.39 is 0 Å². The quantitative estimate of drug-likeness (QED) is 0.833. The van der Waals surface area contributed by atoms with Gasteiger partial charge in [-0.3, -0.25) is 4.79 Å². The molecule has 2 aromatic rings. The Morgan fingerprint density at radius 3 is 2.86 bits per heavy atom. The molecule has 0 aliphatic heterocycles. The summed E-state index contributed by atoms with van der Waals surface area (Å²) in [5.41, 5.74) is 3.15. The third kappa shape index (κ3) is 3.97. The van der Waals surface area contributed by atoms with Crippen LogP contribution in [0.5, 0.6) is 0 Å². The fourth-order valence-electron chi connectivity index (χ4n) is 2.25. The lowest BCUT2D eigenvalue weighted by Gasteiger charge is -2.10. The van der Waals surface area contributed by atoms with Gasteiger partial charge in [-0.1, -0.05) is 19.9 Å². The normalized spacial score (nSPS) is 11.3. The first-order valence-corrected chi connectivity index (χ1v) is 7.83. The van der Waals surface area contributed by atoms with Crippen LogP contribution in [0.1, 0.15) is 31.7 Å². The van der Waals surface area contributed by atoms with E-state index >= 15 is 0 Å². The van der Waals surface area contributed by atoms with Crippen LogP contribution >= 0.6 is 11.6 Å². The first-order chi connectivity index (χ1) is 10.0. The SMILES string of the molecule is Cc1ccc2nc(CCl)n(CCC(=O)NCC(C)C)c2c1. The molecule has 1 heterocycles. The van der Waals surface area contributed by atoms with Crippen molar-refractivity contribution in [2.24, 2.45) is 5.92 Å². The van der Waals surface area contributed by atoms with Crippen molar-refractivity contribution in [3.63, 3.8) is 0 Å². The second kappa shape index (κ2) is 6.94. The van der Waals surface area contributed by atoms with Gasteiger partial charge in [-0.2, -0.15) is 0 Å². The molecule has 0 spiro atoms. The van der Waals surface area contributed by atoms with Crippen LogP contribution in [-0.4, -0.2) is 22.0 Å². The Morgan fingerprint density at radius 2 is 2.19 bits per heavy atom. The molecular weight excluding hydrogens is 286 g/mol. The van der Waals surface area contributed by atoms with Gasteiger partial charge in [0, 0.05) is 19.5 Å². The Balaban J connectivity index is 2.13. The molecule has 1 aromatic heterocycles. The number of amides is 1. The molecule has 0 aliphatic carbocycles. The highest BCUT2D eigenvalue weighted by Gasteiger charge is 2.11. The van der Waals surface area contributed by atoms with Crippen LogP contribution in [0.3, 0.4) is 0 Å². The summed E-state index contributed by atoms with van der Waals surface area (Å²) in [5.74, 6) is 1.69. The number of rotatable bonds is 6. The number of carbonyl (C=O) groups excluding carboxylic acids is 1. The monoisotopic (exact) mass is 307 g/mol. The van der Waals surface area contributed by atoms with Crippen molar-refractivity contribution < 1.29 is 4.79 Å². The average molecular weight is 308 g/mol. The summed E-state index contributed by atoms with van der Waals surface area (Å²) < 4.78 is 2.05. The highest BCUT2D eigenvalue weighted by Crippen LogP contribution is 2.19. The molecule has 0 aliphatic rings. The van der Waals surface area contributed by atoms with Crippen LogP contribution in [0.2, 0.25) is 0 Å². The number of benzene rings is 1. The number of alkyl halides is 1. The van der Waals surface area contributed by atoms with Gasteiger partial charge in [0.05, 0.1) is 16.9 Å². The molecule has 0 saturated carbocycles. The molecule has 1 aromatic carbocycles. The summed E-state index contributed by atoms with van der Waals surface area (Å²) in [5, 5.41) is 2.94. The van der Waals surface area contributed by atoms with Gasteiger partial charge in [0.15, 0.2) is 0 Å². The van der Waals surface area contributed by atoms with E-state index in [1.54, 1.807) is 0 Å². The second-order valence-electron chi connectivity index (χ2n) is 5.75. The maximum absolute atomic E-state index is 11.9. The summed E-state index contributed by atoms with van der Waals surface area (Å²) in [7, 11) is 0. The van der Waals surface area contributed by atoms with Crippen LogP contribution in [0.25, 0.3) is 11.0 Å². The molecule has 0 saturated heterocycles. The van der Waals surface area contributed by atoms with Gasteiger partial charge in [-0.05, 0) is 30.5 Å². The Hall–Kier alpha value is -1.55. The molecule has 0 fully saturated rings. The van der Waals surface area contributed by atoms with Crippen LogP contribution in [-0.2, 0) is 17.2 Å². The van der Waals surface area contributed by atoms with Gasteiger partial charge in [-0.25, -0.2) is 4.98 Å². The summed E-state index contributed by atoms with van der Waals surface area (Å²) in [6, 6.07) is 6.12. The minimum Gasteiger partial charge on any atom is -0.356 e. The van der Waals surface area contributed by atoms with Crippen LogP contribution in [0, 0.1) is 12.8 Å². The minimum absolute atomic E-state index is 0.0683. The number of fused-ring (bicyclic) bond motifs is 1. The maximum atomic E-state index is 11.9. The predicted molar refractivity (Wildman–Crippen MR) is 86.5 cm³/mol. The summed E-state index contributed by atoms with van der Waals surface area (Å²) in [6.45, 7) is 7.53. The van der Waals surface area contributed by atoms with E-state index in [0.717, 1.165) is 16.9 Å². The van der Waals surface area contributed by atoms with E-state index in [1.165, 1.54) is 5.56 Å². The molecule has 0 radical (unpaired) electrons.